The smallest absolute Gasteiger partial charge is 0.308 e. The van der Waals surface area contributed by atoms with Gasteiger partial charge >= 0.3 is 5.97 Å². The number of carbonyl (C=O) groups is 2. The number of carbonyl (C=O) groups excluding carboxylic acids is 1. The van der Waals surface area contributed by atoms with Crippen molar-refractivity contribution in [3.8, 4) is 5.75 Å². The molecule has 0 fully saturated rings. The van der Waals surface area contributed by atoms with Crippen LogP contribution in [-0.2, 0) is 4.79 Å². The lowest BCUT2D eigenvalue weighted by Crippen LogP contribution is -2.36. The van der Waals surface area contributed by atoms with Crippen molar-refractivity contribution < 1.29 is 19.8 Å². The van der Waals surface area contributed by atoms with Crippen molar-refractivity contribution in [1.29, 1.82) is 0 Å². The Hall–Kier alpha value is -1.56. The van der Waals surface area contributed by atoms with E-state index in [9.17, 15) is 14.7 Å². The molecular formula is C13H16BrNO4. The van der Waals surface area contributed by atoms with Crippen LogP contribution in [0.25, 0.3) is 0 Å². The summed E-state index contributed by atoms with van der Waals surface area (Å²) in [6.45, 7) is 3.79. The zero-order valence-corrected chi connectivity index (χ0v) is 12.3. The molecule has 0 aromatic heterocycles. The molecule has 0 aliphatic carbocycles. The summed E-state index contributed by atoms with van der Waals surface area (Å²) in [6.07, 6.45) is 0. The summed E-state index contributed by atoms with van der Waals surface area (Å²) in [4.78, 5) is 24.5. The number of hydrogen-bond donors (Lipinski definition) is 2. The van der Waals surface area contributed by atoms with Gasteiger partial charge in [-0.2, -0.15) is 0 Å². The van der Waals surface area contributed by atoms with E-state index in [-0.39, 0.29) is 23.8 Å². The van der Waals surface area contributed by atoms with Gasteiger partial charge in [-0.15, -0.1) is 0 Å². The number of aromatic hydroxyl groups is 1. The van der Waals surface area contributed by atoms with Gasteiger partial charge in [-0.3, -0.25) is 9.59 Å². The average Bonchev–Trinajstić information content (AvgIpc) is 2.37. The topological polar surface area (TPSA) is 77.8 Å². The normalized spacial score (nSPS) is 11.9. The molecule has 0 saturated carbocycles. The maximum Gasteiger partial charge on any atom is 0.308 e. The van der Waals surface area contributed by atoms with Crippen molar-refractivity contribution in [2.45, 2.75) is 13.8 Å². The van der Waals surface area contributed by atoms with Gasteiger partial charge in [-0.1, -0.05) is 22.9 Å². The number of aliphatic carboxylic acids is 1. The first-order chi connectivity index (χ1) is 8.86. The lowest BCUT2D eigenvalue weighted by atomic mass is 10.1. The molecule has 0 aliphatic rings. The molecule has 19 heavy (non-hydrogen) atoms. The van der Waals surface area contributed by atoms with Gasteiger partial charge in [-0.05, 0) is 25.1 Å². The van der Waals surface area contributed by atoms with Gasteiger partial charge in [-0.25, -0.2) is 0 Å². The van der Waals surface area contributed by atoms with Crippen LogP contribution in [0.2, 0.25) is 0 Å². The molecule has 0 spiro atoms. The summed E-state index contributed by atoms with van der Waals surface area (Å²) in [6, 6.07) is 4.57. The van der Waals surface area contributed by atoms with Crippen molar-refractivity contribution in [3.05, 3.63) is 28.2 Å². The molecule has 0 aliphatic heterocycles. The van der Waals surface area contributed by atoms with Crippen LogP contribution in [0.15, 0.2) is 22.7 Å². The summed E-state index contributed by atoms with van der Waals surface area (Å²) in [5, 5.41) is 18.6. The van der Waals surface area contributed by atoms with E-state index in [0.717, 1.165) is 0 Å². The number of carboxylic acid groups (broad SMARTS) is 1. The van der Waals surface area contributed by atoms with E-state index in [4.69, 9.17) is 5.11 Å². The number of phenolic OH excluding ortho intramolecular Hbond substituents is 1. The lowest BCUT2D eigenvalue weighted by molar-refractivity contribution is -0.141. The monoisotopic (exact) mass is 329 g/mol. The molecule has 1 atom stereocenters. The summed E-state index contributed by atoms with van der Waals surface area (Å²) >= 11 is 3.23. The Kier molecular flexibility index (Phi) is 5.35. The fourth-order valence-electron chi connectivity index (χ4n) is 1.61. The Morgan fingerprint density at radius 3 is 2.58 bits per heavy atom. The molecule has 0 radical (unpaired) electrons. The lowest BCUT2D eigenvalue weighted by Gasteiger charge is -2.23. The second-order valence-corrected chi connectivity index (χ2v) is 5.16. The molecule has 1 aromatic carbocycles. The summed E-state index contributed by atoms with van der Waals surface area (Å²) in [5.41, 5.74) is 0.161. The zero-order valence-electron chi connectivity index (χ0n) is 10.8. The number of halogens is 1. The van der Waals surface area contributed by atoms with E-state index in [0.29, 0.717) is 11.0 Å². The standard InChI is InChI=1S/C13H16BrNO4/c1-3-15(7-8(2)13(18)19)12(17)10-6-9(14)4-5-11(10)16/h4-6,8,16H,3,7H2,1-2H3,(H,18,19). The van der Waals surface area contributed by atoms with Crippen molar-refractivity contribution in [1.82, 2.24) is 4.90 Å². The van der Waals surface area contributed by atoms with Crippen LogP contribution in [0.5, 0.6) is 5.75 Å². The van der Waals surface area contributed by atoms with E-state index in [1.165, 1.54) is 17.0 Å². The second kappa shape index (κ2) is 6.56. The van der Waals surface area contributed by atoms with E-state index in [1.807, 2.05) is 0 Å². The number of nitrogens with zero attached hydrogens (tertiary/aromatic N) is 1. The van der Waals surface area contributed by atoms with Gasteiger partial charge in [0.2, 0.25) is 0 Å². The summed E-state index contributed by atoms with van der Waals surface area (Å²) < 4.78 is 0.677. The van der Waals surface area contributed by atoms with Gasteiger partial charge in [0.15, 0.2) is 0 Å². The van der Waals surface area contributed by atoms with Gasteiger partial charge < -0.3 is 15.1 Å². The van der Waals surface area contributed by atoms with Crippen molar-refractivity contribution >= 4 is 27.8 Å². The molecule has 5 nitrogen and oxygen atoms in total. The molecule has 1 aromatic rings. The Morgan fingerprint density at radius 2 is 2.05 bits per heavy atom. The fourth-order valence-corrected chi connectivity index (χ4v) is 1.98. The van der Waals surface area contributed by atoms with Gasteiger partial charge in [0, 0.05) is 17.6 Å². The molecule has 1 rings (SSSR count). The number of rotatable bonds is 5. The molecule has 104 valence electrons. The van der Waals surface area contributed by atoms with Crippen LogP contribution in [0.4, 0.5) is 0 Å². The average molecular weight is 330 g/mol. The van der Waals surface area contributed by atoms with Gasteiger partial charge in [0.05, 0.1) is 11.5 Å². The maximum atomic E-state index is 12.3. The number of benzene rings is 1. The summed E-state index contributed by atoms with van der Waals surface area (Å²) in [7, 11) is 0. The first-order valence-electron chi connectivity index (χ1n) is 5.87. The Labute approximate surface area is 120 Å². The number of phenols is 1. The van der Waals surface area contributed by atoms with Crippen molar-refractivity contribution in [3.63, 3.8) is 0 Å². The third-order valence-electron chi connectivity index (χ3n) is 2.77. The minimum atomic E-state index is -0.954. The quantitative estimate of drug-likeness (QED) is 0.869. The van der Waals surface area contributed by atoms with E-state index >= 15 is 0 Å². The predicted molar refractivity (Wildman–Crippen MR) is 74.2 cm³/mol. The Balaban J connectivity index is 2.95. The van der Waals surface area contributed by atoms with Gasteiger partial charge in [0.1, 0.15) is 5.75 Å². The molecular weight excluding hydrogens is 314 g/mol. The Bertz CT molecular complexity index is 490. The molecule has 2 N–H and O–H groups in total. The minimum Gasteiger partial charge on any atom is -0.507 e. The maximum absolute atomic E-state index is 12.3. The van der Waals surface area contributed by atoms with Gasteiger partial charge in [0.25, 0.3) is 5.91 Å². The number of amides is 1. The number of carboxylic acids is 1. The largest absolute Gasteiger partial charge is 0.507 e. The Morgan fingerprint density at radius 1 is 1.42 bits per heavy atom. The molecule has 1 unspecified atom stereocenters. The van der Waals surface area contributed by atoms with Crippen LogP contribution in [0.1, 0.15) is 24.2 Å². The third kappa shape index (κ3) is 3.96. The van der Waals surface area contributed by atoms with Crippen LogP contribution >= 0.6 is 15.9 Å². The highest BCUT2D eigenvalue weighted by molar-refractivity contribution is 9.10. The van der Waals surface area contributed by atoms with Crippen LogP contribution in [0, 0.1) is 5.92 Å². The zero-order chi connectivity index (χ0) is 14.6. The van der Waals surface area contributed by atoms with Crippen LogP contribution in [0.3, 0.4) is 0 Å². The first-order valence-corrected chi connectivity index (χ1v) is 6.66. The van der Waals surface area contributed by atoms with Crippen LogP contribution in [-0.4, -0.2) is 40.1 Å². The fraction of sp³-hybridized carbons (Fsp3) is 0.385. The molecule has 0 saturated heterocycles. The van der Waals surface area contributed by atoms with E-state index in [2.05, 4.69) is 15.9 Å². The van der Waals surface area contributed by atoms with Crippen molar-refractivity contribution in [2.24, 2.45) is 5.92 Å². The van der Waals surface area contributed by atoms with E-state index < -0.39 is 11.9 Å². The second-order valence-electron chi connectivity index (χ2n) is 4.24. The highest BCUT2D eigenvalue weighted by Gasteiger charge is 2.22. The molecule has 0 bridgehead atoms. The highest BCUT2D eigenvalue weighted by atomic mass is 79.9. The van der Waals surface area contributed by atoms with E-state index in [1.54, 1.807) is 19.9 Å². The molecule has 1 amide bonds. The predicted octanol–water partition coefficient (Wildman–Crippen LogP) is 2.34. The van der Waals surface area contributed by atoms with Crippen molar-refractivity contribution in [2.75, 3.05) is 13.1 Å². The highest BCUT2D eigenvalue weighted by Crippen LogP contribution is 2.23. The third-order valence-corrected chi connectivity index (χ3v) is 3.27. The minimum absolute atomic E-state index is 0.108. The first kappa shape index (κ1) is 15.5. The number of hydrogen-bond acceptors (Lipinski definition) is 3. The summed E-state index contributed by atoms with van der Waals surface area (Å²) in [5.74, 6) is -2.10. The van der Waals surface area contributed by atoms with Crippen LogP contribution < -0.4 is 0 Å². The molecule has 0 heterocycles. The SMILES string of the molecule is CCN(CC(C)C(=O)O)C(=O)c1cc(Br)ccc1O. The molecule has 6 heteroatoms.